The maximum Gasteiger partial charge on any atom is 0.437 e. The van der Waals surface area contributed by atoms with Gasteiger partial charge in [0.1, 0.15) is 11.6 Å². The summed E-state index contributed by atoms with van der Waals surface area (Å²) in [6.45, 7) is 10.2. The number of carbonyl (C=O) groups is 3. The van der Waals surface area contributed by atoms with Crippen LogP contribution in [0.3, 0.4) is 0 Å². The number of hydrogen-bond donors (Lipinski definition) is 2. The zero-order valence-electron chi connectivity index (χ0n) is 32.2. The molecule has 1 aromatic heterocycles. The number of para-hydroxylation sites is 2. The Morgan fingerprint density at radius 2 is 1.25 bits per heavy atom. The summed E-state index contributed by atoms with van der Waals surface area (Å²) in [5.41, 5.74) is 7.25. The topological polar surface area (TPSA) is 107 Å². The molecule has 282 valence electrons. The highest BCUT2D eigenvalue weighted by atomic mass is 16.6. The van der Waals surface area contributed by atoms with Gasteiger partial charge in [0.2, 0.25) is 17.4 Å². The summed E-state index contributed by atoms with van der Waals surface area (Å²) in [6.07, 6.45) is -0.0614. The summed E-state index contributed by atoms with van der Waals surface area (Å²) < 4.78 is 9.81. The van der Waals surface area contributed by atoms with Gasteiger partial charge in [-0.3, -0.25) is 9.59 Å². The molecule has 1 heterocycles. The van der Waals surface area contributed by atoms with E-state index in [1.807, 2.05) is 129 Å². The first-order valence-electron chi connectivity index (χ1n) is 18.7. The number of nitrogens with one attached hydrogen (secondary N) is 2. The van der Waals surface area contributed by atoms with Crippen molar-refractivity contribution in [3.8, 4) is 0 Å². The molecule has 3 amide bonds. The zero-order valence-corrected chi connectivity index (χ0v) is 32.2. The third kappa shape index (κ3) is 10.3. The van der Waals surface area contributed by atoms with Gasteiger partial charge in [-0.05, 0) is 75.4 Å². The third-order valence-electron chi connectivity index (χ3n) is 9.31. The number of ether oxygens (including phenoxy) is 1. The quantitative estimate of drug-likeness (QED) is 0.133. The molecular formula is C46H49N5O4. The number of aryl methyl sites for hydroxylation is 2. The Kier molecular flexibility index (Phi) is 12.1. The first-order chi connectivity index (χ1) is 26.4. The minimum absolute atomic E-state index is 0.138. The molecule has 0 spiro atoms. The van der Waals surface area contributed by atoms with Crippen LogP contribution in [0.25, 0.3) is 11.0 Å². The predicted molar refractivity (Wildman–Crippen MR) is 216 cm³/mol. The van der Waals surface area contributed by atoms with Crippen molar-refractivity contribution in [2.45, 2.75) is 71.7 Å². The van der Waals surface area contributed by atoms with E-state index in [1.165, 1.54) is 0 Å². The Labute approximate surface area is 322 Å². The maximum absolute atomic E-state index is 14.3. The molecule has 0 aliphatic carbocycles. The van der Waals surface area contributed by atoms with Crippen LogP contribution >= 0.6 is 0 Å². The predicted octanol–water partition coefficient (Wildman–Crippen LogP) is 7.94. The molecule has 0 bridgehead atoms. The van der Waals surface area contributed by atoms with Crippen molar-refractivity contribution in [2.75, 3.05) is 6.54 Å². The van der Waals surface area contributed by atoms with Crippen LogP contribution in [0.5, 0.6) is 0 Å². The molecule has 0 fully saturated rings. The number of fused-ring (bicyclic) bond motifs is 1. The number of nitrogens with zero attached hydrogens (tertiary/aromatic N) is 3. The van der Waals surface area contributed by atoms with Crippen LogP contribution < -0.4 is 16.3 Å². The van der Waals surface area contributed by atoms with E-state index in [0.717, 1.165) is 38.9 Å². The Hall–Kier alpha value is -6.22. The van der Waals surface area contributed by atoms with Crippen molar-refractivity contribution in [1.82, 2.24) is 19.8 Å². The zero-order chi connectivity index (χ0) is 39.0. The largest absolute Gasteiger partial charge is 0.442 e. The fraction of sp³-hybridized carbons (Fsp3) is 0.261. The SMILES string of the molecule is Cc1ccc(CC(CNC(=O)C(NC(=O)Cc2ccccc2)c2ccccc2)n2c(=NC(=O)OC(C)(C)C)n(Cc3ccc(C)cc3)c3ccccc32)cc1. The summed E-state index contributed by atoms with van der Waals surface area (Å²) >= 11 is 0. The van der Waals surface area contributed by atoms with Crippen LogP contribution in [0, 0.1) is 13.8 Å². The van der Waals surface area contributed by atoms with Crippen molar-refractivity contribution in [3.05, 3.63) is 172 Å². The lowest BCUT2D eigenvalue weighted by Crippen LogP contribution is -2.44. The number of benzene rings is 5. The standard InChI is InChI=1S/C46H49N5O4/c1-32-20-24-35(25-21-32)28-38(30-47-43(53)42(37-16-10-7-11-17-37)48-41(52)29-34-14-8-6-9-15-34)51-40-19-13-12-18-39(40)50(31-36-26-22-33(2)23-27-36)44(51)49-45(54)55-46(3,4)5/h6-27,38,42H,28-31H2,1-5H3,(H,47,53)(H,48,52). The Morgan fingerprint density at radius 1 is 0.691 bits per heavy atom. The molecule has 6 rings (SSSR count). The van der Waals surface area contributed by atoms with Crippen LogP contribution in [0.4, 0.5) is 4.79 Å². The first kappa shape index (κ1) is 38.5. The Bertz CT molecular complexity index is 2300. The van der Waals surface area contributed by atoms with Gasteiger partial charge in [-0.25, -0.2) is 4.79 Å². The van der Waals surface area contributed by atoms with Crippen molar-refractivity contribution in [1.29, 1.82) is 0 Å². The lowest BCUT2D eigenvalue weighted by Gasteiger charge is -2.24. The first-order valence-corrected chi connectivity index (χ1v) is 18.7. The van der Waals surface area contributed by atoms with E-state index >= 15 is 0 Å². The molecule has 55 heavy (non-hydrogen) atoms. The number of rotatable bonds is 12. The third-order valence-corrected chi connectivity index (χ3v) is 9.31. The lowest BCUT2D eigenvalue weighted by molar-refractivity contribution is -0.129. The van der Waals surface area contributed by atoms with Gasteiger partial charge in [-0.2, -0.15) is 0 Å². The second-order valence-corrected chi connectivity index (χ2v) is 15.0. The summed E-state index contributed by atoms with van der Waals surface area (Å²) in [7, 11) is 0. The molecule has 2 atom stereocenters. The molecule has 0 saturated carbocycles. The molecule has 2 unspecified atom stereocenters. The Morgan fingerprint density at radius 3 is 1.87 bits per heavy atom. The Balaban J connectivity index is 1.43. The van der Waals surface area contributed by atoms with E-state index in [4.69, 9.17) is 4.74 Å². The number of aromatic nitrogens is 2. The van der Waals surface area contributed by atoms with Crippen LogP contribution in [0.1, 0.15) is 66.2 Å². The summed E-state index contributed by atoms with van der Waals surface area (Å²) in [5.74, 6) is -0.616. The summed E-state index contributed by atoms with van der Waals surface area (Å²) in [4.78, 5) is 45.8. The highest BCUT2D eigenvalue weighted by Crippen LogP contribution is 2.23. The van der Waals surface area contributed by atoms with E-state index in [2.05, 4.69) is 64.2 Å². The van der Waals surface area contributed by atoms with Gasteiger partial charge in [0.05, 0.1) is 30.0 Å². The van der Waals surface area contributed by atoms with Crippen molar-refractivity contribution in [3.63, 3.8) is 0 Å². The minimum Gasteiger partial charge on any atom is -0.442 e. The summed E-state index contributed by atoms with van der Waals surface area (Å²) in [5, 5.41) is 6.17. The fourth-order valence-corrected chi connectivity index (χ4v) is 6.62. The molecule has 0 saturated heterocycles. The second-order valence-electron chi connectivity index (χ2n) is 15.0. The van der Waals surface area contributed by atoms with Gasteiger partial charge < -0.3 is 24.5 Å². The van der Waals surface area contributed by atoms with E-state index < -0.39 is 23.8 Å². The number of amides is 3. The van der Waals surface area contributed by atoms with Gasteiger partial charge in [0.15, 0.2) is 0 Å². The van der Waals surface area contributed by atoms with Crippen molar-refractivity contribution < 1.29 is 19.1 Å². The molecular weight excluding hydrogens is 687 g/mol. The molecule has 0 aliphatic rings. The lowest BCUT2D eigenvalue weighted by atomic mass is 10.0. The van der Waals surface area contributed by atoms with Gasteiger partial charge in [0.25, 0.3) is 0 Å². The molecule has 9 heteroatoms. The van der Waals surface area contributed by atoms with Gasteiger partial charge >= 0.3 is 6.09 Å². The summed E-state index contributed by atoms with van der Waals surface area (Å²) in [6, 6.07) is 41.9. The van der Waals surface area contributed by atoms with Gasteiger partial charge in [-0.1, -0.05) is 132 Å². The molecule has 0 radical (unpaired) electrons. The van der Waals surface area contributed by atoms with E-state index in [-0.39, 0.29) is 24.8 Å². The van der Waals surface area contributed by atoms with E-state index in [0.29, 0.717) is 24.1 Å². The average molecular weight is 736 g/mol. The second kappa shape index (κ2) is 17.3. The highest BCUT2D eigenvalue weighted by Gasteiger charge is 2.27. The van der Waals surface area contributed by atoms with Crippen molar-refractivity contribution >= 4 is 28.9 Å². The molecule has 5 aromatic carbocycles. The highest BCUT2D eigenvalue weighted by molar-refractivity contribution is 5.89. The minimum atomic E-state index is -0.934. The van der Waals surface area contributed by atoms with Gasteiger partial charge in [0, 0.05) is 6.54 Å². The smallest absolute Gasteiger partial charge is 0.437 e. The van der Waals surface area contributed by atoms with Crippen LogP contribution in [0.2, 0.25) is 0 Å². The molecule has 0 aliphatic heterocycles. The van der Waals surface area contributed by atoms with Crippen molar-refractivity contribution in [2.24, 2.45) is 4.99 Å². The molecule has 6 aromatic rings. The molecule has 9 nitrogen and oxygen atoms in total. The van der Waals surface area contributed by atoms with E-state index in [9.17, 15) is 14.4 Å². The monoisotopic (exact) mass is 735 g/mol. The number of hydrogen-bond acceptors (Lipinski definition) is 4. The normalized spacial score (nSPS) is 12.9. The fourth-order valence-electron chi connectivity index (χ4n) is 6.62. The van der Waals surface area contributed by atoms with Crippen LogP contribution in [-0.2, 0) is 33.7 Å². The number of carbonyl (C=O) groups excluding carboxylic acids is 3. The maximum atomic E-state index is 14.3. The molecule has 2 N–H and O–H groups in total. The average Bonchev–Trinajstić information content (AvgIpc) is 3.45. The van der Waals surface area contributed by atoms with E-state index in [1.54, 1.807) is 0 Å². The van der Waals surface area contributed by atoms with Crippen LogP contribution in [0.15, 0.2) is 138 Å². The van der Waals surface area contributed by atoms with Gasteiger partial charge in [-0.15, -0.1) is 4.99 Å². The number of imidazole rings is 1. The van der Waals surface area contributed by atoms with Crippen LogP contribution in [-0.4, -0.2) is 39.2 Å².